The lowest BCUT2D eigenvalue weighted by atomic mass is 10.0. The lowest BCUT2D eigenvalue weighted by Gasteiger charge is -2.30. The number of halogens is 2. The van der Waals surface area contributed by atoms with Crippen molar-refractivity contribution < 1.29 is 4.39 Å². The quantitative estimate of drug-likeness (QED) is 0.656. The molecule has 0 atom stereocenters. The van der Waals surface area contributed by atoms with E-state index in [2.05, 4.69) is 41.4 Å². The molecule has 0 saturated carbocycles. The van der Waals surface area contributed by atoms with E-state index < -0.39 is 5.82 Å². The Hall–Kier alpha value is -3.38. The highest BCUT2D eigenvalue weighted by atomic mass is 35.5. The van der Waals surface area contributed by atoms with E-state index in [0.29, 0.717) is 17.9 Å². The highest BCUT2D eigenvalue weighted by molar-refractivity contribution is 6.28. The molecule has 0 bridgehead atoms. The molecule has 29 heavy (non-hydrogen) atoms. The molecule has 1 aliphatic heterocycles. The van der Waals surface area contributed by atoms with E-state index in [-0.39, 0.29) is 11.1 Å². The number of aromatic nitrogens is 5. The van der Waals surface area contributed by atoms with Gasteiger partial charge in [0.05, 0.1) is 18.1 Å². The Morgan fingerprint density at radius 3 is 2.83 bits per heavy atom. The molecule has 4 rings (SSSR count). The van der Waals surface area contributed by atoms with Crippen LogP contribution in [-0.4, -0.2) is 31.7 Å². The third-order valence-corrected chi connectivity index (χ3v) is 5.10. The van der Waals surface area contributed by atoms with Crippen LogP contribution < -0.4 is 10.2 Å². The second-order valence-electron chi connectivity index (χ2n) is 6.70. The van der Waals surface area contributed by atoms with Crippen molar-refractivity contribution in [2.24, 2.45) is 0 Å². The predicted molar refractivity (Wildman–Crippen MR) is 105 cm³/mol. The first-order valence-electron chi connectivity index (χ1n) is 8.88. The summed E-state index contributed by atoms with van der Waals surface area (Å²) in [6, 6.07) is 3.97. The van der Waals surface area contributed by atoms with Gasteiger partial charge >= 0.3 is 0 Å². The number of anilines is 3. The standard InChI is InChI=1S/C19H16ClFN8/c1-10-11(2)18(28-27-16(10)6-22)29-4-3-15-12(9-29)5-13(7-23-15)25-17-14(21)8-24-19(20)26-17/h5,7-8H,3-4,9H2,1-2H3,(H,24,25,26). The monoisotopic (exact) mass is 410 g/mol. The molecule has 1 N–H and O–H groups in total. The molecule has 146 valence electrons. The van der Waals surface area contributed by atoms with Crippen molar-refractivity contribution in [3.63, 3.8) is 0 Å². The summed E-state index contributed by atoms with van der Waals surface area (Å²) in [7, 11) is 0. The van der Waals surface area contributed by atoms with E-state index in [0.717, 1.165) is 47.4 Å². The molecule has 0 saturated heterocycles. The summed E-state index contributed by atoms with van der Waals surface area (Å²) >= 11 is 5.75. The third-order valence-electron chi connectivity index (χ3n) is 4.92. The van der Waals surface area contributed by atoms with Crippen molar-refractivity contribution in [3.8, 4) is 6.07 Å². The summed E-state index contributed by atoms with van der Waals surface area (Å²) in [6.07, 6.45) is 3.39. The fourth-order valence-corrected chi connectivity index (χ4v) is 3.38. The van der Waals surface area contributed by atoms with Gasteiger partial charge in [-0.05, 0) is 48.2 Å². The van der Waals surface area contributed by atoms with Crippen molar-refractivity contribution in [3.05, 3.63) is 57.6 Å². The molecule has 3 aromatic heterocycles. The van der Waals surface area contributed by atoms with Crippen LogP contribution in [0.2, 0.25) is 5.28 Å². The molecular weight excluding hydrogens is 395 g/mol. The molecule has 0 spiro atoms. The Balaban J connectivity index is 1.61. The normalized spacial score (nSPS) is 13.0. The number of hydrogen-bond donors (Lipinski definition) is 1. The topological polar surface area (TPSA) is 104 Å². The molecule has 0 aromatic carbocycles. The zero-order valence-corrected chi connectivity index (χ0v) is 16.5. The molecule has 0 radical (unpaired) electrons. The van der Waals surface area contributed by atoms with Crippen LogP contribution in [0.3, 0.4) is 0 Å². The lowest BCUT2D eigenvalue weighted by molar-refractivity contribution is 0.619. The molecular formula is C19H16ClFN8. The van der Waals surface area contributed by atoms with Gasteiger partial charge in [0.25, 0.3) is 0 Å². The summed E-state index contributed by atoms with van der Waals surface area (Å²) in [5.74, 6) is 0.135. The van der Waals surface area contributed by atoms with E-state index in [9.17, 15) is 4.39 Å². The van der Waals surface area contributed by atoms with E-state index in [1.54, 1.807) is 6.20 Å². The fourth-order valence-electron chi connectivity index (χ4n) is 3.24. The maximum atomic E-state index is 13.9. The van der Waals surface area contributed by atoms with Gasteiger partial charge in [0, 0.05) is 25.2 Å². The maximum Gasteiger partial charge on any atom is 0.224 e. The minimum Gasteiger partial charge on any atom is -0.350 e. The summed E-state index contributed by atoms with van der Waals surface area (Å²) in [4.78, 5) is 14.1. The first-order valence-corrected chi connectivity index (χ1v) is 9.26. The number of nitriles is 1. The summed E-state index contributed by atoms with van der Waals surface area (Å²) in [5, 5.41) is 20.3. The van der Waals surface area contributed by atoms with Crippen LogP contribution in [0.5, 0.6) is 0 Å². The van der Waals surface area contributed by atoms with E-state index in [1.165, 1.54) is 0 Å². The van der Waals surface area contributed by atoms with Gasteiger partial charge in [-0.15, -0.1) is 10.2 Å². The summed E-state index contributed by atoms with van der Waals surface area (Å²) in [5.41, 5.74) is 4.65. The molecule has 0 unspecified atom stereocenters. The average Bonchev–Trinajstić information content (AvgIpc) is 2.72. The molecule has 8 nitrogen and oxygen atoms in total. The number of nitrogens with one attached hydrogen (secondary N) is 1. The predicted octanol–water partition coefficient (Wildman–Crippen LogP) is 3.25. The lowest BCUT2D eigenvalue weighted by Crippen LogP contribution is -2.32. The average molecular weight is 411 g/mol. The molecule has 10 heteroatoms. The van der Waals surface area contributed by atoms with Crippen molar-refractivity contribution in [1.82, 2.24) is 25.1 Å². The molecule has 0 fully saturated rings. The van der Waals surface area contributed by atoms with Gasteiger partial charge in [0.1, 0.15) is 6.07 Å². The SMILES string of the molecule is Cc1c(C#N)nnc(N2CCc3ncc(Nc4nc(Cl)ncc4F)cc3C2)c1C. The van der Waals surface area contributed by atoms with Crippen molar-refractivity contribution in [1.29, 1.82) is 5.26 Å². The minimum absolute atomic E-state index is 0.0103. The zero-order chi connectivity index (χ0) is 20.5. The van der Waals surface area contributed by atoms with Gasteiger partial charge in [0.15, 0.2) is 23.1 Å². The number of rotatable bonds is 3. The van der Waals surface area contributed by atoms with Crippen molar-refractivity contribution in [2.75, 3.05) is 16.8 Å². The Morgan fingerprint density at radius 2 is 2.03 bits per heavy atom. The zero-order valence-electron chi connectivity index (χ0n) is 15.7. The van der Waals surface area contributed by atoms with Crippen LogP contribution in [0.25, 0.3) is 0 Å². The first kappa shape index (κ1) is 19.0. The Kier molecular flexibility index (Phi) is 4.94. The number of pyridine rings is 1. The summed E-state index contributed by atoms with van der Waals surface area (Å²) < 4.78 is 13.9. The van der Waals surface area contributed by atoms with E-state index in [1.807, 2.05) is 19.9 Å². The molecule has 1 aliphatic rings. The number of nitrogens with zero attached hydrogens (tertiary/aromatic N) is 7. The maximum absolute atomic E-state index is 13.9. The smallest absolute Gasteiger partial charge is 0.224 e. The number of fused-ring (bicyclic) bond motifs is 1. The van der Waals surface area contributed by atoms with Gasteiger partial charge in [0.2, 0.25) is 5.28 Å². The van der Waals surface area contributed by atoms with Crippen LogP contribution in [0, 0.1) is 31.0 Å². The number of hydrogen-bond acceptors (Lipinski definition) is 8. The fraction of sp³-hybridized carbons (Fsp3) is 0.263. The van der Waals surface area contributed by atoms with E-state index in [4.69, 9.17) is 16.9 Å². The van der Waals surface area contributed by atoms with Gasteiger partial charge in [-0.3, -0.25) is 4.98 Å². The van der Waals surface area contributed by atoms with Crippen LogP contribution in [0.1, 0.15) is 28.1 Å². The second-order valence-corrected chi connectivity index (χ2v) is 7.03. The Morgan fingerprint density at radius 1 is 1.21 bits per heavy atom. The van der Waals surface area contributed by atoms with Crippen LogP contribution in [0.15, 0.2) is 18.5 Å². The van der Waals surface area contributed by atoms with Gasteiger partial charge < -0.3 is 10.2 Å². The minimum atomic E-state index is -0.604. The van der Waals surface area contributed by atoms with Gasteiger partial charge in [-0.25, -0.2) is 9.37 Å². The molecule has 0 aliphatic carbocycles. The first-order chi connectivity index (χ1) is 14.0. The molecule has 0 amide bonds. The van der Waals surface area contributed by atoms with Gasteiger partial charge in [-0.1, -0.05) is 0 Å². The Bertz CT molecular complexity index is 1140. The molecule has 3 aromatic rings. The Labute approximate surface area is 171 Å². The van der Waals surface area contributed by atoms with Crippen LogP contribution in [-0.2, 0) is 13.0 Å². The van der Waals surface area contributed by atoms with Gasteiger partial charge in [-0.2, -0.15) is 10.2 Å². The largest absolute Gasteiger partial charge is 0.350 e. The summed E-state index contributed by atoms with van der Waals surface area (Å²) in [6.45, 7) is 5.12. The highest BCUT2D eigenvalue weighted by Crippen LogP contribution is 2.28. The van der Waals surface area contributed by atoms with Crippen LogP contribution in [0.4, 0.5) is 21.7 Å². The third kappa shape index (κ3) is 3.67. The second kappa shape index (κ2) is 7.56. The van der Waals surface area contributed by atoms with Crippen LogP contribution >= 0.6 is 11.6 Å². The van der Waals surface area contributed by atoms with Crippen molar-refractivity contribution >= 4 is 28.9 Å². The molecule has 4 heterocycles. The van der Waals surface area contributed by atoms with E-state index >= 15 is 0 Å². The highest BCUT2D eigenvalue weighted by Gasteiger charge is 2.22. The van der Waals surface area contributed by atoms with Crippen molar-refractivity contribution in [2.45, 2.75) is 26.8 Å².